The lowest BCUT2D eigenvalue weighted by Crippen LogP contribution is -1.94. The predicted octanol–water partition coefficient (Wildman–Crippen LogP) is 4.37. The number of hydrogen-bond acceptors (Lipinski definition) is 3. The Hall–Kier alpha value is -2.94. The average molecular weight is 306 g/mol. The van der Waals surface area contributed by atoms with Gasteiger partial charge < -0.3 is 15.3 Å². The standard InChI is InChI=1S/C20H18O3/c1-13-11-18(22)17(12-14-5-3-2-4-6-14)20(23)19(13)15-7-9-16(21)10-8-15/h2-11,21-23H,12H2,1H3. The van der Waals surface area contributed by atoms with E-state index >= 15 is 0 Å². The van der Waals surface area contributed by atoms with Crippen molar-refractivity contribution in [3.05, 3.63) is 77.4 Å². The topological polar surface area (TPSA) is 60.7 Å². The minimum atomic E-state index is 0.0806. The number of aromatic hydroxyl groups is 3. The third-order valence-electron chi connectivity index (χ3n) is 3.96. The summed E-state index contributed by atoms with van der Waals surface area (Å²) in [7, 11) is 0. The molecule has 3 rings (SSSR count). The van der Waals surface area contributed by atoms with Crippen LogP contribution in [0.3, 0.4) is 0 Å². The second-order valence-corrected chi connectivity index (χ2v) is 5.62. The van der Waals surface area contributed by atoms with Crippen molar-refractivity contribution in [3.8, 4) is 28.4 Å². The normalized spacial score (nSPS) is 10.7. The van der Waals surface area contributed by atoms with Crippen LogP contribution in [0.5, 0.6) is 17.2 Å². The molecule has 0 aliphatic carbocycles. The van der Waals surface area contributed by atoms with Crippen LogP contribution in [0.1, 0.15) is 16.7 Å². The highest BCUT2D eigenvalue weighted by Crippen LogP contribution is 2.41. The Balaban J connectivity index is 2.11. The first kappa shape index (κ1) is 15.0. The Morgan fingerprint density at radius 3 is 2.13 bits per heavy atom. The van der Waals surface area contributed by atoms with Gasteiger partial charge in [0.25, 0.3) is 0 Å². The maximum absolute atomic E-state index is 10.7. The molecule has 0 saturated heterocycles. The SMILES string of the molecule is Cc1cc(O)c(Cc2ccccc2)c(O)c1-c1ccc(O)cc1. The molecule has 3 N–H and O–H groups in total. The van der Waals surface area contributed by atoms with Crippen LogP contribution in [0.2, 0.25) is 0 Å². The number of phenols is 3. The lowest BCUT2D eigenvalue weighted by atomic mass is 9.93. The fourth-order valence-electron chi connectivity index (χ4n) is 2.79. The summed E-state index contributed by atoms with van der Waals surface area (Å²) in [4.78, 5) is 0. The Bertz CT molecular complexity index is 822. The van der Waals surface area contributed by atoms with Crippen LogP contribution in [0, 0.1) is 6.92 Å². The van der Waals surface area contributed by atoms with Crippen molar-refractivity contribution in [1.82, 2.24) is 0 Å². The average Bonchev–Trinajstić information content (AvgIpc) is 2.54. The fourth-order valence-corrected chi connectivity index (χ4v) is 2.79. The van der Waals surface area contributed by atoms with Gasteiger partial charge in [-0.05, 0) is 41.8 Å². The second-order valence-electron chi connectivity index (χ2n) is 5.62. The summed E-state index contributed by atoms with van der Waals surface area (Å²) >= 11 is 0. The molecule has 3 aromatic carbocycles. The smallest absolute Gasteiger partial charge is 0.130 e. The van der Waals surface area contributed by atoms with Crippen molar-refractivity contribution < 1.29 is 15.3 Å². The van der Waals surface area contributed by atoms with E-state index < -0.39 is 0 Å². The molecule has 0 spiro atoms. The van der Waals surface area contributed by atoms with Gasteiger partial charge in [-0.2, -0.15) is 0 Å². The van der Waals surface area contributed by atoms with Gasteiger partial charge in [0, 0.05) is 17.5 Å². The third kappa shape index (κ3) is 2.99. The molecule has 0 unspecified atom stereocenters. The molecule has 0 bridgehead atoms. The minimum Gasteiger partial charge on any atom is -0.508 e. The number of aryl methyl sites for hydroxylation is 1. The molecule has 0 heterocycles. The molecule has 0 atom stereocenters. The van der Waals surface area contributed by atoms with E-state index in [9.17, 15) is 15.3 Å². The number of rotatable bonds is 3. The van der Waals surface area contributed by atoms with Crippen LogP contribution in [0.25, 0.3) is 11.1 Å². The largest absolute Gasteiger partial charge is 0.508 e. The van der Waals surface area contributed by atoms with Crippen molar-refractivity contribution >= 4 is 0 Å². The monoisotopic (exact) mass is 306 g/mol. The number of benzene rings is 3. The van der Waals surface area contributed by atoms with Crippen molar-refractivity contribution in [1.29, 1.82) is 0 Å². The minimum absolute atomic E-state index is 0.0806. The lowest BCUT2D eigenvalue weighted by Gasteiger charge is -2.15. The molecule has 116 valence electrons. The van der Waals surface area contributed by atoms with Crippen LogP contribution in [-0.4, -0.2) is 15.3 Å². The molecular formula is C20H18O3. The van der Waals surface area contributed by atoms with Gasteiger partial charge in [0.1, 0.15) is 17.2 Å². The number of phenolic OH excluding ortho intramolecular Hbond substituents is 3. The van der Waals surface area contributed by atoms with E-state index in [1.165, 1.54) is 0 Å². The Kier molecular flexibility index (Phi) is 3.94. The molecule has 0 aliphatic heterocycles. The maximum Gasteiger partial charge on any atom is 0.130 e. The van der Waals surface area contributed by atoms with Gasteiger partial charge in [-0.15, -0.1) is 0 Å². The van der Waals surface area contributed by atoms with Crippen molar-refractivity contribution in [3.63, 3.8) is 0 Å². The summed E-state index contributed by atoms with van der Waals surface area (Å²) in [5, 5.41) is 30.4. The highest BCUT2D eigenvalue weighted by Gasteiger charge is 2.17. The fraction of sp³-hybridized carbons (Fsp3) is 0.100. The molecular weight excluding hydrogens is 288 g/mol. The van der Waals surface area contributed by atoms with E-state index in [0.717, 1.165) is 16.7 Å². The summed E-state index contributed by atoms with van der Waals surface area (Å²) < 4.78 is 0. The Morgan fingerprint density at radius 1 is 0.826 bits per heavy atom. The second kappa shape index (κ2) is 6.05. The Morgan fingerprint density at radius 2 is 1.48 bits per heavy atom. The summed E-state index contributed by atoms with van der Waals surface area (Å²) in [6.45, 7) is 1.84. The highest BCUT2D eigenvalue weighted by molar-refractivity contribution is 5.77. The summed E-state index contributed by atoms with van der Waals surface area (Å²) in [5.41, 5.74) is 3.77. The zero-order valence-electron chi connectivity index (χ0n) is 12.8. The molecule has 3 heteroatoms. The zero-order valence-corrected chi connectivity index (χ0v) is 12.8. The van der Waals surface area contributed by atoms with E-state index in [2.05, 4.69) is 0 Å². The summed E-state index contributed by atoms with van der Waals surface area (Å²) in [6.07, 6.45) is 0.448. The number of hydrogen-bond donors (Lipinski definition) is 3. The molecule has 3 nitrogen and oxygen atoms in total. The van der Waals surface area contributed by atoms with Crippen LogP contribution >= 0.6 is 0 Å². The molecule has 3 aromatic rings. The van der Waals surface area contributed by atoms with Gasteiger partial charge in [-0.3, -0.25) is 0 Å². The van der Waals surface area contributed by atoms with Crippen LogP contribution < -0.4 is 0 Å². The molecule has 0 radical (unpaired) electrons. The van der Waals surface area contributed by atoms with Crippen molar-refractivity contribution in [2.75, 3.05) is 0 Å². The highest BCUT2D eigenvalue weighted by atomic mass is 16.3. The van der Waals surface area contributed by atoms with Gasteiger partial charge in [-0.1, -0.05) is 42.5 Å². The first-order valence-electron chi connectivity index (χ1n) is 7.44. The van der Waals surface area contributed by atoms with E-state index in [1.54, 1.807) is 30.3 Å². The predicted molar refractivity (Wildman–Crippen MR) is 90.9 cm³/mol. The summed E-state index contributed by atoms with van der Waals surface area (Å²) in [6, 6.07) is 18.0. The van der Waals surface area contributed by atoms with Crippen LogP contribution in [0.15, 0.2) is 60.7 Å². The lowest BCUT2D eigenvalue weighted by molar-refractivity contribution is 0.441. The maximum atomic E-state index is 10.7. The van der Waals surface area contributed by atoms with Crippen LogP contribution in [0.4, 0.5) is 0 Å². The molecule has 0 amide bonds. The molecule has 0 saturated carbocycles. The van der Waals surface area contributed by atoms with Crippen molar-refractivity contribution in [2.45, 2.75) is 13.3 Å². The van der Waals surface area contributed by atoms with Gasteiger partial charge in [0.15, 0.2) is 0 Å². The van der Waals surface area contributed by atoms with E-state index in [0.29, 0.717) is 17.5 Å². The first-order valence-corrected chi connectivity index (χ1v) is 7.44. The first-order chi connectivity index (χ1) is 11.1. The third-order valence-corrected chi connectivity index (χ3v) is 3.96. The van der Waals surface area contributed by atoms with Gasteiger partial charge in [-0.25, -0.2) is 0 Å². The van der Waals surface area contributed by atoms with Gasteiger partial charge in [0.2, 0.25) is 0 Å². The molecule has 0 aliphatic rings. The van der Waals surface area contributed by atoms with E-state index in [1.807, 2.05) is 37.3 Å². The molecule has 0 aromatic heterocycles. The quantitative estimate of drug-likeness (QED) is 0.673. The van der Waals surface area contributed by atoms with Crippen LogP contribution in [-0.2, 0) is 6.42 Å². The van der Waals surface area contributed by atoms with Gasteiger partial charge >= 0.3 is 0 Å². The van der Waals surface area contributed by atoms with E-state index in [4.69, 9.17) is 0 Å². The van der Waals surface area contributed by atoms with Crippen molar-refractivity contribution in [2.24, 2.45) is 0 Å². The Labute approximate surface area is 135 Å². The summed E-state index contributed by atoms with van der Waals surface area (Å²) in [5.74, 6) is 0.345. The zero-order chi connectivity index (χ0) is 16.4. The van der Waals surface area contributed by atoms with Gasteiger partial charge in [0.05, 0.1) is 0 Å². The molecule has 0 fully saturated rings. The molecule has 23 heavy (non-hydrogen) atoms. The van der Waals surface area contributed by atoms with E-state index in [-0.39, 0.29) is 17.2 Å².